The Hall–Kier alpha value is -2.29. The molecule has 1 N–H and O–H groups in total. The molecule has 2 aromatic rings. The number of rotatable bonds is 11. The van der Waals surface area contributed by atoms with Crippen molar-refractivity contribution in [2.24, 2.45) is 5.92 Å². The number of anilines is 1. The van der Waals surface area contributed by atoms with E-state index in [-0.39, 0.29) is 34.1 Å². The van der Waals surface area contributed by atoms with Crippen molar-refractivity contribution < 1.29 is 18.0 Å². The molecular formula is C24H31Cl2N3O4S. The molecular weight excluding hydrogens is 497 g/mol. The summed E-state index contributed by atoms with van der Waals surface area (Å²) in [5.41, 5.74) is 0.916. The van der Waals surface area contributed by atoms with E-state index < -0.39 is 28.5 Å². The number of nitrogens with zero attached hydrogens (tertiary/aromatic N) is 2. The molecule has 2 aromatic carbocycles. The quantitative estimate of drug-likeness (QED) is 0.470. The molecule has 2 rings (SSSR count). The predicted molar refractivity (Wildman–Crippen MR) is 138 cm³/mol. The van der Waals surface area contributed by atoms with E-state index in [1.807, 2.05) is 51.1 Å². The summed E-state index contributed by atoms with van der Waals surface area (Å²) in [7, 11) is -3.89. The lowest BCUT2D eigenvalue weighted by molar-refractivity contribution is -0.140. The van der Waals surface area contributed by atoms with Crippen molar-refractivity contribution in [3.05, 3.63) is 64.1 Å². The van der Waals surface area contributed by atoms with Crippen LogP contribution in [0.5, 0.6) is 0 Å². The van der Waals surface area contributed by atoms with Crippen molar-refractivity contribution >= 4 is 50.7 Å². The Morgan fingerprint density at radius 2 is 1.71 bits per heavy atom. The summed E-state index contributed by atoms with van der Waals surface area (Å²) >= 11 is 12.3. The number of sulfonamides is 1. The molecule has 0 aliphatic carbocycles. The third kappa shape index (κ3) is 7.89. The summed E-state index contributed by atoms with van der Waals surface area (Å²) in [5, 5.41) is 3.30. The number of carbonyl (C=O) groups excluding carboxylic acids is 2. The van der Waals surface area contributed by atoms with Crippen LogP contribution in [0.2, 0.25) is 10.0 Å². The number of halogens is 2. The largest absolute Gasteiger partial charge is 0.354 e. The second-order valence-electron chi connectivity index (χ2n) is 8.44. The van der Waals surface area contributed by atoms with E-state index in [0.717, 1.165) is 16.1 Å². The van der Waals surface area contributed by atoms with Crippen LogP contribution in [0.25, 0.3) is 0 Å². The highest BCUT2D eigenvalue weighted by Gasteiger charge is 2.32. The summed E-state index contributed by atoms with van der Waals surface area (Å²) in [6.07, 6.45) is 1.35. The van der Waals surface area contributed by atoms with Gasteiger partial charge in [-0.05, 0) is 36.1 Å². The Bertz CT molecular complexity index is 1090. The highest BCUT2D eigenvalue weighted by atomic mass is 35.5. The first-order valence-corrected chi connectivity index (χ1v) is 13.6. The lowest BCUT2D eigenvalue weighted by atomic mass is 10.1. The Labute approximate surface area is 212 Å². The monoisotopic (exact) mass is 527 g/mol. The maximum Gasteiger partial charge on any atom is 0.244 e. The molecule has 0 spiro atoms. The molecule has 2 amide bonds. The Kier molecular flexibility index (Phi) is 10.2. The van der Waals surface area contributed by atoms with Gasteiger partial charge in [0.2, 0.25) is 21.8 Å². The van der Waals surface area contributed by atoms with Crippen LogP contribution in [0.1, 0.15) is 32.8 Å². The average Bonchev–Trinajstić information content (AvgIpc) is 2.77. The van der Waals surface area contributed by atoms with Gasteiger partial charge in [-0.25, -0.2) is 8.42 Å². The molecule has 0 heterocycles. The van der Waals surface area contributed by atoms with Crippen LogP contribution < -0.4 is 9.62 Å². The van der Waals surface area contributed by atoms with Crippen LogP contribution in [-0.4, -0.2) is 50.5 Å². The topological polar surface area (TPSA) is 86.8 Å². The Morgan fingerprint density at radius 3 is 2.26 bits per heavy atom. The van der Waals surface area contributed by atoms with Gasteiger partial charge in [0, 0.05) is 18.1 Å². The SMILES string of the molecule is CCC(C(=O)NCC(C)C)N(Cc1ccccc1)C(=O)CN(c1cc(Cl)ccc1Cl)S(C)(=O)=O. The lowest BCUT2D eigenvalue weighted by Crippen LogP contribution is -2.52. The Morgan fingerprint density at radius 1 is 1.06 bits per heavy atom. The van der Waals surface area contributed by atoms with E-state index in [4.69, 9.17) is 23.2 Å². The van der Waals surface area contributed by atoms with E-state index >= 15 is 0 Å². The van der Waals surface area contributed by atoms with Gasteiger partial charge in [-0.2, -0.15) is 0 Å². The minimum Gasteiger partial charge on any atom is -0.354 e. The van der Waals surface area contributed by atoms with Gasteiger partial charge >= 0.3 is 0 Å². The van der Waals surface area contributed by atoms with Crippen LogP contribution in [0.15, 0.2) is 48.5 Å². The lowest BCUT2D eigenvalue weighted by Gasteiger charge is -2.33. The van der Waals surface area contributed by atoms with Crippen LogP contribution in [-0.2, 0) is 26.2 Å². The van der Waals surface area contributed by atoms with Crippen molar-refractivity contribution in [2.75, 3.05) is 23.7 Å². The summed E-state index contributed by atoms with van der Waals surface area (Å²) in [6, 6.07) is 12.9. The van der Waals surface area contributed by atoms with Crippen molar-refractivity contribution in [3.8, 4) is 0 Å². The van der Waals surface area contributed by atoms with E-state index in [9.17, 15) is 18.0 Å². The number of carbonyl (C=O) groups is 2. The van der Waals surface area contributed by atoms with Gasteiger partial charge in [0.05, 0.1) is 17.0 Å². The highest BCUT2D eigenvalue weighted by molar-refractivity contribution is 7.92. The van der Waals surface area contributed by atoms with E-state index in [2.05, 4.69) is 5.32 Å². The number of hydrogen-bond donors (Lipinski definition) is 1. The fourth-order valence-corrected chi connectivity index (χ4v) is 4.68. The second kappa shape index (κ2) is 12.4. The Balaban J connectivity index is 2.43. The van der Waals surface area contributed by atoms with E-state index in [1.165, 1.54) is 23.1 Å². The van der Waals surface area contributed by atoms with Crippen LogP contribution >= 0.6 is 23.2 Å². The molecule has 0 aliphatic rings. The molecule has 186 valence electrons. The molecule has 0 aliphatic heterocycles. The third-order valence-corrected chi connectivity index (χ3v) is 6.80. The zero-order valence-corrected chi connectivity index (χ0v) is 22.1. The zero-order valence-electron chi connectivity index (χ0n) is 19.8. The number of benzene rings is 2. The zero-order chi connectivity index (χ0) is 25.5. The van der Waals surface area contributed by atoms with Gasteiger partial charge < -0.3 is 10.2 Å². The molecule has 0 saturated carbocycles. The molecule has 7 nitrogen and oxygen atoms in total. The molecule has 0 aromatic heterocycles. The van der Waals surface area contributed by atoms with Crippen molar-refractivity contribution in [1.29, 1.82) is 0 Å². The molecule has 10 heteroatoms. The van der Waals surface area contributed by atoms with Crippen molar-refractivity contribution in [3.63, 3.8) is 0 Å². The van der Waals surface area contributed by atoms with Gasteiger partial charge in [0.15, 0.2) is 0 Å². The second-order valence-corrected chi connectivity index (χ2v) is 11.2. The van der Waals surface area contributed by atoms with Crippen molar-refractivity contribution in [1.82, 2.24) is 10.2 Å². The molecule has 0 radical (unpaired) electrons. The summed E-state index contributed by atoms with van der Waals surface area (Å²) in [6.45, 7) is 5.86. The van der Waals surface area contributed by atoms with Gasteiger partial charge in [0.25, 0.3) is 0 Å². The summed E-state index contributed by atoms with van der Waals surface area (Å²) < 4.78 is 26.2. The summed E-state index contributed by atoms with van der Waals surface area (Å²) in [4.78, 5) is 28.0. The number of hydrogen-bond acceptors (Lipinski definition) is 4. The maximum absolute atomic E-state index is 13.6. The highest BCUT2D eigenvalue weighted by Crippen LogP contribution is 2.31. The van der Waals surface area contributed by atoms with E-state index in [1.54, 1.807) is 0 Å². The number of amides is 2. The first kappa shape index (κ1) is 28.0. The maximum atomic E-state index is 13.6. The van der Waals surface area contributed by atoms with Crippen LogP contribution in [0.3, 0.4) is 0 Å². The molecule has 0 saturated heterocycles. The van der Waals surface area contributed by atoms with Gasteiger partial charge in [-0.15, -0.1) is 0 Å². The average molecular weight is 529 g/mol. The van der Waals surface area contributed by atoms with Gasteiger partial charge in [0.1, 0.15) is 12.6 Å². The van der Waals surface area contributed by atoms with E-state index in [0.29, 0.717) is 13.0 Å². The molecule has 1 atom stereocenters. The van der Waals surface area contributed by atoms with Crippen LogP contribution in [0, 0.1) is 5.92 Å². The number of nitrogens with one attached hydrogen (secondary N) is 1. The first-order valence-electron chi connectivity index (χ1n) is 11.0. The third-order valence-electron chi connectivity index (χ3n) is 5.12. The molecule has 1 unspecified atom stereocenters. The predicted octanol–water partition coefficient (Wildman–Crippen LogP) is 4.34. The van der Waals surface area contributed by atoms with Crippen LogP contribution in [0.4, 0.5) is 5.69 Å². The fraction of sp³-hybridized carbons (Fsp3) is 0.417. The minimum atomic E-state index is -3.89. The normalized spacial score (nSPS) is 12.3. The molecule has 34 heavy (non-hydrogen) atoms. The molecule has 0 fully saturated rings. The van der Waals surface area contributed by atoms with Gasteiger partial charge in [-0.1, -0.05) is 74.3 Å². The van der Waals surface area contributed by atoms with Gasteiger partial charge in [-0.3, -0.25) is 13.9 Å². The first-order chi connectivity index (χ1) is 15.9. The smallest absolute Gasteiger partial charge is 0.244 e. The van der Waals surface area contributed by atoms with Crippen molar-refractivity contribution in [2.45, 2.75) is 39.8 Å². The summed E-state index contributed by atoms with van der Waals surface area (Å²) in [5.74, 6) is -0.575. The fourth-order valence-electron chi connectivity index (χ4n) is 3.39. The minimum absolute atomic E-state index is 0.0991. The molecule has 0 bridgehead atoms. The standard InChI is InChI=1S/C24H31Cl2N3O4S/c1-5-21(24(31)27-14-17(2)3)28(15-18-9-7-6-8-10-18)23(30)16-29(34(4,32)33)22-13-19(25)11-12-20(22)26/h6-13,17,21H,5,14-16H2,1-4H3,(H,27,31).